The molecule has 0 fully saturated rings. The lowest BCUT2D eigenvalue weighted by Crippen LogP contribution is -2.33. The van der Waals surface area contributed by atoms with E-state index in [0.29, 0.717) is 11.3 Å². The summed E-state index contributed by atoms with van der Waals surface area (Å²) in [5.74, 6) is 1.83. The summed E-state index contributed by atoms with van der Waals surface area (Å²) in [7, 11) is 0. The molecule has 0 bridgehead atoms. The average molecular weight is 237 g/mol. The van der Waals surface area contributed by atoms with E-state index in [2.05, 4.69) is 55.7 Å². The second kappa shape index (κ2) is 6.20. The molecular weight excluding hydrogens is 210 g/mol. The van der Waals surface area contributed by atoms with Gasteiger partial charge in [0.05, 0.1) is 6.54 Å². The summed E-state index contributed by atoms with van der Waals surface area (Å²) in [6.07, 6.45) is 5.11. The molecule has 1 N–H and O–H groups in total. The van der Waals surface area contributed by atoms with Crippen molar-refractivity contribution in [3.8, 4) is 0 Å². The fourth-order valence-corrected chi connectivity index (χ4v) is 1.65. The van der Waals surface area contributed by atoms with Crippen LogP contribution in [0.5, 0.6) is 0 Å². The highest BCUT2D eigenvalue weighted by Gasteiger charge is 2.21. The van der Waals surface area contributed by atoms with Crippen molar-refractivity contribution in [3.63, 3.8) is 0 Å². The Balaban J connectivity index is 2.43. The molecule has 3 nitrogen and oxygen atoms in total. The summed E-state index contributed by atoms with van der Waals surface area (Å²) in [5, 5.41) is 3.52. The molecule has 1 rings (SSSR count). The van der Waals surface area contributed by atoms with Crippen LogP contribution in [-0.4, -0.2) is 16.1 Å². The van der Waals surface area contributed by atoms with Gasteiger partial charge in [0.1, 0.15) is 5.82 Å². The van der Waals surface area contributed by atoms with E-state index in [4.69, 9.17) is 0 Å². The van der Waals surface area contributed by atoms with Gasteiger partial charge in [-0.05, 0) is 17.8 Å². The Bertz CT molecular complexity index is 326. The molecule has 0 saturated heterocycles. The highest BCUT2D eigenvalue weighted by atomic mass is 15.1. The first-order chi connectivity index (χ1) is 7.97. The van der Waals surface area contributed by atoms with E-state index < -0.39 is 0 Å². The van der Waals surface area contributed by atoms with Gasteiger partial charge in [-0.25, -0.2) is 4.98 Å². The summed E-state index contributed by atoms with van der Waals surface area (Å²) in [6, 6.07) is 0. The molecule has 98 valence electrons. The van der Waals surface area contributed by atoms with Crippen LogP contribution in [0.4, 0.5) is 0 Å². The maximum atomic E-state index is 4.40. The second-order valence-electron chi connectivity index (χ2n) is 5.78. The number of hydrogen-bond acceptors (Lipinski definition) is 2. The fraction of sp³-hybridized carbons (Fsp3) is 0.786. The molecule has 1 heterocycles. The van der Waals surface area contributed by atoms with Crippen LogP contribution in [-0.2, 0) is 13.1 Å². The molecule has 0 atom stereocenters. The van der Waals surface area contributed by atoms with Crippen molar-refractivity contribution in [2.24, 2.45) is 11.3 Å². The van der Waals surface area contributed by atoms with Crippen molar-refractivity contribution in [3.05, 3.63) is 18.2 Å². The lowest BCUT2D eigenvalue weighted by molar-refractivity contribution is 0.236. The summed E-state index contributed by atoms with van der Waals surface area (Å²) in [4.78, 5) is 4.40. The Kier molecular flexibility index (Phi) is 5.19. The van der Waals surface area contributed by atoms with Crippen LogP contribution in [0.2, 0.25) is 0 Å². The molecule has 0 unspecified atom stereocenters. The van der Waals surface area contributed by atoms with Gasteiger partial charge in [-0.15, -0.1) is 0 Å². The molecule has 0 saturated carbocycles. The van der Waals surface area contributed by atoms with Crippen LogP contribution in [0.3, 0.4) is 0 Å². The monoisotopic (exact) mass is 237 g/mol. The van der Waals surface area contributed by atoms with E-state index in [-0.39, 0.29) is 0 Å². The number of nitrogens with one attached hydrogen (secondary N) is 1. The van der Waals surface area contributed by atoms with Gasteiger partial charge in [-0.1, -0.05) is 34.6 Å². The van der Waals surface area contributed by atoms with Crippen molar-refractivity contribution in [2.75, 3.05) is 6.54 Å². The fourth-order valence-electron chi connectivity index (χ4n) is 1.65. The molecule has 0 aromatic carbocycles. The van der Waals surface area contributed by atoms with E-state index in [9.17, 15) is 0 Å². The van der Waals surface area contributed by atoms with Crippen molar-refractivity contribution in [1.82, 2.24) is 14.9 Å². The first kappa shape index (κ1) is 14.2. The smallest absolute Gasteiger partial charge is 0.122 e. The number of nitrogens with zero attached hydrogens (tertiary/aromatic N) is 2. The Morgan fingerprint density at radius 1 is 1.41 bits per heavy atom. The van der Waals surface area contributed by atoms with Crippen LogP contribution in [0.15, 0.2) is 12.4 Å². The minimum absolute atomic E-state index is 0.335. The van der Waals surface area contributed by atoms with Gasteiger partial charge in [0, 0.05) is 25.5 Å². The van der Waals surface area contributed by atoms with E-state index >= 15 is 0 Å². The van der Waals surface area contributed by atoms with Crippen molar-refractivity contribution < 1.29 is 0 Å². The summed E-state index contributed by atoms with van der Waals surface area (Å²) >= 11 is 0. The third kappa shape index (κ3) is 4.15. The van der Waals surface area contributed by atoms with E-state index in [1.807, 2.05) is 6.20 Å². The van der Waals surface area contributed by atoms with Crippen LogP contribution in [0, 0.1) is 11.3 Å². The number of hydrogen-bond donors (Lipinski definition) is 1. The lowest BCUT2D eigenvalue weighted by atomic mass is 9.81. The SMILES string of the molecule is CCCn1ccnc1CNCC(C)(C)C(C)C. The summed E-state index contributed by atoms with van der Waals surface area (Å²) in [6.45, 7) is 14.3. The molecule has 1 aromatic heterocycles. The molecule has 3 heteroatoms. The first-order valence-electron chi connectivity index (χ1n) is 6.68. The molecule has 1 aromatic rings. The zero-order valence-electron chi connectivity index (χ0n) is 12.0. The van der Waals surface area contributed by atoms with Crippen LogP contribution < -0.4 is 5.32 Å². The van der Waals surface area contributed by atoms with Crippen molar-refractivity contribution >= 4 is 0 Å². The minimum Gasteiger partial charge on any atom is -0.334 e. The Morgan fingerprint density at radius 2 is 2.12 bits per heavy atom. The molecule has 0 aliphatic heterocycles. The van der Waals surface area contributed by atoms with Crippen LogP contribution in [0.25, 0.3) is 0 Å². The van der Waals surface area contributed by atoms with Gasteiger partial charge < -0.3 is 9.88 Å². The zero-order chi connectivity index (χ0) is 12.9. The average Bonchev–Trinajstić information content (AvgIpc) is 2.66. The standard InChI is InChI=1S/C14H27N3/c1-6-8-17-9-7-16-13(17)10-15-11-14(4,5)12(2)3/h7,9,12,15H,6,8,10-11H2,1-5H3. The predicted octanol–water partition coefficient (Wildman–Crippen LogP) is 3.06. The third-order valence-corrected chi connectivity index (χ3v) is 3.69. The zero-order valence-corrected chi connectivity index (χ0v) is 12.0. The number of imidazole rings is 1. The van der Waals surface area contributed by atoms with Gasteiger partial charge in [-0.3, -0.25) is 0 Å². The number of aryl methyl sites for hydroxylation is 1. The third-order valence-electron chi connectivity index (χ3n) is 3.69. The van der Waals surface area contributed by atoms with Gasteiger partial charge in [0.15, 0.2) is 0 Å². The Hall–Kier alpha value is -0.830. The second-order valence-corrected chi connectivity index (χ2v) is 5.78. The highest BCUT2D eigenvalue weighted by Crippen LogP contribution is 2.24. The molecule has 0 spiro atoms. The number of rotatable bonds is 7. The van der Waals surface area contributed by atoms with E-state index in [1.54, 1.807) is 0 Å². The van der Waals surface area contributed by atoms with E-state index in [0.717, 1.165) is 31.9 Å². The molecule has 0 aliphatic carbocycles. The number of aromatic nitrogens is 2. The molecular formula is C14H27N3. The van der Waals surface area contributed by atoms with Gasteiger partial charge in [-0.2, -0.15) is 0 Å². The van der Waals surface area contributed by atoms with Crippen molar-refractivity contribution in [1.29, 1.82) is 0 Å². The van der Waals surface area contributed by atoms with Crippen molar-refractivity contribution in [2.45, 2.75) is 54.1 Å². The maximum Gasteiger partial charge on any atom is 0.122 e. The van der Waals surface area contributed by atoms with Gasteiger partial charge in [0.2, 0.25) is 0 Å². The van der Waals surface area contributed by atoms with Gasteiger partial charge >= 0.3 is 0 Å². The molecule has 17 heavy (non-hydrogen) atoms. The van der Waals surface area contributed by atoms with Gasteiger partial charge in [0.25, 0.3) is 0 Å². The lowest BCUT2D eigenvalue weighted by Gasteiger charge is -2.29. The largest absolute Gasteiger partial charge is 0.334 e. The van der Waals surface area contributed by atoms with Crippen LogP contribution >= 0.6 is 0 Å². The normalized spacial score (nSPS) is 12.4. The topological polar surface area (TPSA) is 29.9 Å². The molecule has 0 radical (unpaired) electrons. The minimum atomic E-state index is 0.335. The van der Waals surface area contributed by atoms with E-state index in [1.165, 1.54) is 0 Å². The summed E-state index contributed by atoms with van der Waals surface area (Å²) < 4.78 is 2.23. The summed E-state index contributed by atoms with van der Waals surface area (Å²) in [5.41, 5.74) is 0.335. The quantitative estimate of drug-likeness (QED) is 0.790. The predicted molar refractivity (Wildman–Crippen MR) is 72.8 cm³/mol. The highest BCUT2D eigenvalue weighted by molar-refractivity contribution is 4.92. The van der Waals surface area contributed by atoms with Crippen LogP contribution in [0.1, 0.15) is 46.9 Å². The first-order valence-corrected chi connectivity index (χ1v) is 6.68. The Labute approximate surface area is 106 Å². The Morgan fingerprint density at radius 3 is 2.71 bits per heavy atom. The molecule has 0 amide bonds. The molecule has 0 aliphatic rings. The maximum absolute atomic E-state index is 4.40.